The zero-order chi connectivity index (χ0) is 31.9. The van der Waals surface area contributed by atoms with E-state index in [1.165, 1.54) is 6.92 Å². The number of thioether (sulfide) groups is 1. The molecule has 0 aliphatic carbocycles. The highest BCUT2D eigenvalue weighted by atomic mass is 32.2. The Hall–Kier alpha value is -2.92. The van der Waals surface area contributed by atoms with Gasteiger partial charge in [0.25, 0.3) is 0 Å². The highest BCUT2D eigenvalue weighted by Gasteiger charge is 2.23. The van der Waals surface area contributed by atoms with Gasteiger partial charge >= 0.3 is 0 Å². The normalized spacial score (nSPS) is 12.7. The van der Waals surface area contributed by atoms with Gasteiger partial charge in [-0.25, -0.2) is 0 Å². The lowest BCUT2D eigenvalue weighted by molar-refractivity contribution is -0.131. The lowest BCUT2D eigenvalue weighted by atomic mass is 10.0. The van der Waals surface area contributed by atoms with Crippen molar-refractivity contribution in [3.63, 3.8) is 0 Å². The van der Waals surface area contributed by atoms with E-state index in [-0.39, 0.29) is 30.2 Å². The molecule has 11 heteroatoms. The van der Waals surface area contributed by atoms with E-state index < -0.39 is 23.9 Å². The highest BCUT2D eigenvalue weighted by Crippen LogP contribution is 2.06. The fourth-order valence-corrected chi connectivity index (χ4v) is 4.34. The number of Topliss-reactive ketones (excluding diaryl/α,β-unsaturated/α-hetero) is 1. The van der Waals surface area contributed by atoms with Crippen LogP contribution >= 0.6 is 11.8 Å². The third-order valence-corrected chi connectivity index (χ3v) is 6.61. The fraction of sp³-hybridized carbons (Fsp3) is 0.645. The van der Waals surface area contributed by atoms with E-state index in [0.29, 0.717) is 44.4 Å². The molecular weight excluding hydrogens is 554 g/mol. The van der Waals surface area contributed by atoms with Crippen molar-refractivity contribution in [1.82, 2.24) is 26.6 Å². The summed E-state index contributed by atoms with van der Waals surface area (Å²) in [6, 6.07) is 7.61. The first-order valence-electron chi connectivity index (χ1n) is 14.8. The van der Waals surface area contributed by atoms with Crippen molar-refractivity contribution in [3.8, 4) is 0 Å². The highest BCUT2D eigenvalue weighted by molar-refractivity contribution is 7.98. The molecule has 1 aromatic carbocycles. The molecule has 0 radical (unpaired) electrons. The number of rotatable bonds is 19. The Kier molecular flexibility index (Phi) is 22.0. The molecule has 0 spiro atoms. The van der Waals surface area contributed by atoms with Crippen LogP contribution in [0, 0.1) is 5.92 Å². The van der Waals surface area contributed by atoms with E-state index in [1.54, 1.807) is 18.8 Å². The minimum Gasteiger partial charge on any atom is -0.354 e. The molecule has 0 aliphatic heterocycles. The molecule has 42 heavy (non-hydrogen) atoms. The van der Waals surface area contributed by atoms with Gasteiger partial charge in [0.1, 0.15) is 17.9 Å². The van der Waals surface area contributed by atoms with E-state index in [4.69, 9.17) is 0 Å². The van der Waals surface area contributed by atoms with Gasteiger partial charge < -0.3 is 26.6 Å². The van der Waals surface area contributed by atoms with Gasteiger partial charge in [-0.3, -0.25) is 24.0 Å². The molecule has 0 fully saturated rings. The SMILES string of the molecule is CC(C)C.CCC(=O)C(CCCCNC(=O)C(Cc1ccccc1)NC(=O)CNC(=O)C(CCSC)NC(C)=O)NC. The number of amides is 4. The monoisotopic (exact) mass is 607 g/mol. The summed E-state index contributed by atoms with van der Waals surface area (Å²) in [6.07, 6.45) is 5.28. The number of carbonyl (C=O) groups is 5. The number of likely N-dealkylation sites (N-methyl/N-ethyl adjacent to an activating group) is 1. The minimum absolute atomic E-state index is 0.168. The van der Waals surface area contributed by atoms with Crippen LogP contribution in [0.25, 0.3) is 0 Å². The van der Waals surface area contributed by atoms with Crippen molar-refractivity contribution in [2.45, 2.75) is 91.3 Å². The average molecular weight is 608 g/mol. The summed E-state index contributed by atoms with van der Waals surface area (Å²) < 4.78 is 0. The molecular formula is C31H53N5O5S. The molecule has 0 saturated carbocycles. The third kappa shape index (κ3) is 19.2. The number of unbranched alkanes of at least 4 members (excludes halogenated alkanes) is 1. The van der Waals surface area contributed by atoms with Crippen molar-refractivity contribution in [3.05, 3.63) is 35.9 Å². The van der Waals surface area contributed by atoms with Crippen LogP contribution in [0.3, 0.4) is 0 Å². The summed E-state index contributed by atoms with van der Waals surface area (Å²) in [7, 11) is 1.77. The van der Waals surface area contributed by atoms with Crippen molar-refractivity contribution in [1.29, 1.82) is 0 Å². The summed E-state index contributed by atoms with van der Waals surface area (Å²) in [6.45, 7) is 9.78. The molecule has 4 amide bonds. The summed E-state index contributed by atoms with van der Waals surface area (Å²) in [5, 5.41) is 13.8. The molecule has 1 aromatic rings. The van der Waals surface area contributed by atoms with Crippen molar-refractivity contribution in [2.75, 3.05) is 32.1 Å². The summed E-state index contributed by atoms with van der Waals surface area (Å²) in [5.74, 6) is 0.0785. The van der Waals surface area contributed by atoms with Crippen LogP contribution in [0.5, 0.6) is 0 Å². The maximum Gasteiger partial charge on any atom is 0.243 e. The van der Waals surface area contributed by atoms with Crippen LogP contribution in [0.15, 0.2) is 30.3 Å². The lowest BCUT2D eigenvalue weighted by Crippen LogP contribution is -2.52. The zero-order valence-corrected chi connectivity index (χ0v) is 27.3. The predicted molar refractivity (Wildman–Crippen MR) is 171 cm³/mol. The summed E-state index contributed by atoms with van der Waals surface area (Å²) >= 11 is 1.55. The Labute approximate surface area is 256 Å². The predicted octanol–water partition coefficient (Wildman–Crippen LogP) is 2.60. The van der Waals surface area contributed by atoms with Crippen LogP contribution in [0.4, 0.5) is 0 Å². The Morgan fingerprint density at radius 3 is 2.00 bits per heavy atom. The van der Waals surface area contributed by atoms with E-state index in [9.17, 15) is 24.0 Å². The Morgan fingerprint density at radius 2 is 1.45 bits per heavy atom. The number of carbonyl (C=O) groups excluding carboxylic acids is 5. The van der Waals surface area contributed by atoms with Gasteiger partial charge in [0.2, 0.25) is 23.6 Å². The lowest BCUT2D eigenvalue weighted by Gasteiger charge is -2.20. The number of hydrogen-bond acceptors (Lipinski definition) is 7. The molecule has 0 aliphatic rings. The van der Waals surface area contributed by atoms with Crippen LogP contribution in [-0.4, -0.2) is 79.7 Å². The van der Waals surface area contributed by atoms with Gasteiger partial charge in [0.05, 0.1) is 12.6 Å². The second-order valence-electron chi connectivity index (χ2n) is 10.7. The van der Waals surface area contributed by atoms with Gasteiger partial charge in [0, 0.05) is 26.3 Å². The summed E-state index contributed by atoms with van der Waals surface area (Å²) in [5.41, 5.74) is 0.884. The van der Waals surface area contributed by atoms with Crippen LogP contribution in [0.1, 0.15) is 72.3 Å². The summed E-state index contributed by atoms with van der Waals surface area (Å²) in [4.78, 5) is 61.4. The molecule has 3 unspecified atom stereocenters. The maximum absolute atomic E-state index is 12.9. The number of ketones is 1. The van der Waals surface area contributed by atoms with Gasteiger partial charge in [-0.05, 0) is 56.2 Å². The second kappa shape index (κ2) is 23.6. The third-order valence-electron chi connectivity index (χ3n) is 5.97. The number of hydrogen-bond donors (Lipinski definition) is 5. The van der Waals surface area contributed by atoms with Gasteiger partial charge in [-0.15, -0.1) is 0 Å². The van der Waals surface area contributed by atoms with Crippen LogP contribution in [0.2, 0.25) is 0 Å². The Balaban J connectivity index is 0.00000393. The molecule has 0 saturated heterocycles. The molecule has 1 rings (SSSR count). The van der Waals surface area contributed by atoms with E-state index in [2.05, 4.69) is 47.4 Å². The van der Waals surface area contributed by atoms with E-state index in [1.807, 2.05) is 43.5 Å². The Morgan fingerprint density at radius 1 is 0.833 bits per heavy atom. The topological polar surface area (TPSA) is 146 Å². The van der Waals surface area contributed by atoms with Gasteiger partial charge in [-0.1, -0.05) is 58.0 Å². The zero-order valence-electron chi connectivity index (χ0n) is 26.5. The van der Waals surface area contributed by atoms with Crippen molar-refractivity contribution < 1.29 is 24.0 Å². The molecule has 10 nitrogen and oxygen atoms in total. The Bertz CT molecular complexity index is 942. The minimum atomic E-state index is -0.823. The van der Waals surface area contributed by atoms with E-state index in [0.717, 1.165) is 17.9 Å². The van der Waals surface area contributed by atoms with Gasteiger partial charge in [-0.2, -0.15) is 11.8 Å². The second-order valence-corrected chi connectivity index (χ2v) is 11.7. The molecule has 238 valence electrons. The van der Waals surface area contributed by atoms with Crippen molar-refractivity contribution in [2.24, 2.45) is 5.92 Å². The molecule has 3 atom stereocenters. The smallest absolute Gasteiger partial charge is 0.243 e. The first kappa shape index (κ1) is 39.1. The fourth-order valence-electron chi connectivity index (χ4n) is 3.87. The molecule has 5 N–H and O–H groups in total. The van der Waals surface area contributed by atoms with Crippen molar-refractivity contribution >= 4 is 41.2 Å². The molecule has 0 bridgehead atoms. The van der Waals surface area contributed by atoms with Crippen LogP contribution in [-0.2, 0) is 30.4 Å². The van der Waals surface area contributed by atoms with E-state index >= 15 is 0 Å². The first-order chi connectivity index (χ1) is 19.9. The standard InChI is InChI=1S/C27H43N5O5S.C4H10/c1-5-24(34)21(28-3)13-9-10-15-29-27(37)23(17-20-11-7-6-8-12-20)32-25(35)18-30-26(36)22(14-16-38-4)31-19(2)33;1-4(2)3/h6-8,11-12,21-23,28H,5,9-10,13-18H2,1-4H3,(H,29,37)(H,30,36)(H,31,33)(H,32,35);4H,1-3H3. The average Bonchev–Trinajstić information content (AvgIpc) is 2.95. The maximum atomic E-state index is 12.9. The molecule has 0 heterocycles. The van der Waals surface area contributed by atoms with Crippen LogP contribution < -0.4 is 26.6 Å². The largest absolute Gasteiger partial charge is 0.354 e. The molecule has 0 aromatic heterocycles. The van der Waals surface area contributed by atoms with Gasteiger partial charge in [0.15, 0.2) is 0 Å². The number of benzene rings is 1. The quantitative estimate of drug-likeness (QED) is 0.152. The number of nitrogens with one attached hydrogen (secondary N) is 5. The first-order valence-corrected chi connectivity index (χ1v) is 16.2.